The third-order valence-corrected chi connectivity index (χ3v) is 4.10. The first kappa shape index (κ1) is 16.4. The van der Waals surface area contributed by atoms with Gasteiger partial charge in [-0.3, -0.25) is 4.79 Å². The lowest BCUT2D eigenvalue weighted by Crippen LogP contribution is -2.29. The minimum atomic E-state index is -0.0246. The molecule has 2 aromatic carbocycles. The van der Waals surface area contributed by atoms with Crippen LogP contribution in [0.3, 0.4) is 0 Å². The molecule has 0 bridgehead atoms. The maximum absolute atomic E-state index is 11.8. The van der Waals surface area contributed by atoms with Crippen molar-refractivity contribution in [3.05, 3.63) is 59.7 Å². The van der Waals surface area contributed by atoms with Gasteiger partial charge in [-0.1, -0.05) is 24.3 Å². The number of carbonyl (C=O) groups excluding carboxylic acids is 1. The Kier molecular flexibility index (Phi) is 5.72. The number of benzene rings is 2. The van der Waals surface area contributed by atoms with Gasteiger partial charge in [-0.15, -0.1) is 0 Å². The van der Waals surface area contributed by atoms with Crippen LogP contribution in [0, 0.1) is 0 Å². The zero-order valence-corrected chi connectivity index (χ0v) is 13.8. The van der Waals surface area contributed by atoms with Crippen LogP contribution in [0.2, 0.25) is 0 Å². The number of hydrogen-bond donors (Lipinski definition) is 1. The molecule has 0 unspecified atom stereocenters. The first-order chi connectivity index (χ1) is 11.8. The third-order valence-electron chi connectivity index (χ3n) is 4.10. The number of amides is 1. The summed E-state index contributed by atoms with van der Waals surface area (Å²) < 4.78 is 11.2. The van der Waals surface area contributed by atoms with Crippen LogP contribution in [0.4, 0.5) is 0 Å². The number of carbonyl (C=O) groups is 1. The second kappa shape index (κ2) is 8.39. The van der Waals surface area contributed by atoms with Crippen molar-refractivity contribution in [2.45, 2.75) is 25.7 Å². The molecule has 24 heavy (non-hydrogen) atoms. The summed E-state index contributed by atoms with van der Waals surface area (Å²) in [5.74, 6) is 1.64. The van der Waals surface area contributed by atoms with Gasteiger partial charge in [0.25, 0.3) is 0 Å². The van der Waals surface area contributed by atoms with Gasteiger partial charge in [-0.25, -0.2) is 0 Å². The van der Waals surface area contributed by atoms with Crippen molar-refractivity contribution < 1.29 is 14.3 Å². The number of ether oxygens (including phenoxy) is 2. The van der Waals surface area contributed by atoms with Gasteiger partial charge in [0, 0.05) is 0 Å². The SMILES string of the molecule is O=C(CCOc1ccccc1)NCCOc1ccc2c(c1)CCC2. The second-order valence-corrected chi connectivity index (χ2v) is 5.89. The maximum atomic E-state index is 11.8. The van der Waals surface area contributed by atoms with Crippen LogP contribution in [-0.4, -0.2) is 25.7 Å². The Morgan fingerprint density at radius 1 is 0.917 bits per heavy atom. The molecule has 1 amide bonds. The predicted molar refractivity (Wildman–Crippen MR) is 93.5 cm³/mol. The van der Waals surface area contributed by atoms with Crippen LogP contribution >= 0.6 is 0 Å². The fourth-order valence-electron chi connectivity index (χ4n) is 2.86. The fourth-order valence-corrected chi connectivity index (χ4v) is 2.86. The lowest BCUT2D eigenvalue weighted by atomic mass is 10.1. The number of nitrogens with one attached hydrogen (secondary N) is 1. The Bertz CT molecular complexity index is 670. The minimum Gasteiger partial charge on any atom is -0.493 e. The van der Waals surface area contributed by atoms with E-state index in [0.29, 0.717) is 26.2 Å². The number of hydrogen-bond acceptors (Lipinski definition) is 3. The molecule has 1 aliphatic rings. The molecule has 4 heteroatoms. The van der Waals surface area contributed by atoms with Crippen LogP contribution < -0.4 is 14.8 Å². The molecule has 0 saturated heterocycles. The summed E-state index contributed by atoms with van der Waals surface area (Å²) in [6.07, 6.45) is 3.90. The van der Waals surface area contributed by atoms with E-state index in [9.17, 15) is 4.79 Å². The zero-order valence-electron chi connectivity index (χ0n) is 13.8. The lowest BCUT2D eigenvalue weighted by molar-refractivity contribution is -0.121. The molecular formula is C20H23NO3. The van der Waals surface area contributed by atoms with Crippen LogP contribution in [0.15, 0.2) is 48.5 Å². The highest BCUT2D eigenvalue weighted by Gasteiger charge is 2.11. The predicted octanol–water partition coefficient (Wildman–Crippen LogP) is 3.14. The molecule has 3 rings (SSSR count). The van der Waals surface area contributed by atoms with Gasteiger partial charge < -0.3 is 14.8 Å². The van der Waals surface area contributed by atoms with Crippen LogP contribution in [0.25, 0.3) is 0 Å². The molecular weight excluding hydrogens is 302 g/mol. The molecule has 0 spiro atoms. The molecule has 0 radical (unpaired) electrons. The van der Waals surface area contributed by atoms with Gasteiger partial charge in [-0.2, -0.15) is 0 Å². The van der Waals surface area contributed by atoms with Gasteiger partial charge in [0.15, 0.2) is 0 Å². The van der Waals surface area contributed by atoms with E-state index in [4.69, 9.17) is 9.47 Å². The summed E-state index contributed by atoms with van der Waals surface area (Å²) in [4.78, 5) is 11.8. The van der Waals surface area contributed by atoms with Gasteiger partial charge in [0.2, 0.25) is 5.91 Å². The summed E-state index contributed by atoms with van der Waals surface area (Å²) in [5, 5.41) is 2.85. The Morgan fingerprint density at radius 2 is 1.71 bits per heavy atom. The summed E-state index contributed by atoms with van der Waals surface area (Å²) in [7, 11) is 0. The maximum Gasteiger partial charge on any atom is 0.223 e. The molecule has 0 aromatic heterocycles. The zero-order chi connectivity index (χ0) is 16.6. The molecule has 1 aliphatic carbocycles. The number of rotatable bonds is 8. The van der Waals surface area contributed by atoms with Crippen molar-refractivity contribution >= 4 is 5.91 Å². The van der Waals surface area contributed by atoms with Crippen molar-refractivity contribution in [3.8, 4) is 11.5 Å². The van der Waals surface area contributed by atoms with Crippen LogP contribution in [0.5, 0.6) is 11.5 Å². The Hall–Kier alpha value is -2.49. The van der Waals surface area contributed by atoms with Crippen molar-refractivity contribution in [2.75, 3.05) is 19.8 Å². The highest BCUT2D eigenvalue weighted by atomic mass is 16.5. The smallest absolute Gasteiger partial charge is 0.223 e. The Morgan fingerprint density at radius 3 is 2.58 bits per heavy atom. The van der Waals surface area contributed by atoms with E-state index in [0.717, 1.165) is 17.9 Å². The molecule has 4 nitrogen and oxygen atoms in total. The fraction of sp³-hybridized carbons (Fsp3) is 0.350. The number of para-hydroxylation sites is 1. The largest absolute Gasteiger partial charge is 0.493 e. The van der Waals surface area contributed by atoms with Crippen molar-refractivity contribution in [3.63, 3.8) is 0 Å². The van der Waals surface area contributed by atoms with Gasteiger partial charge in [0.05, 0.1) is 19.6 Å². The van der Waals surface area contributed by atoms with Crippen LogP contribution in [0.1, 0.15) is 24.0 Å². The number of aryl methyl sites for hydroxylation is 2. The monoisotopic (exact) mass is 325 g/mol. The Labute approximate surface area is 142 Å². The minimum absolute atomic E-state index is 0.0246. The van der Waals surface area contributed by atoms with Gasteiger partial charge in [-0.05, 0) is 54.7 Å². The molecule has 2 aromatic rings. The van der Waals surface area contributed by atoms with E-state index >= 15 is 0 Å². The quantitative estimate of drug-likeness (QED) is 0.759. The second-order valence-electron chi connectivity index (χ2n) is 5.89. The normalized spacial score (nSPS) is 12.5. The summed E-state index contributed by atoms with van der Waals surface area (Å²) >= 11 is 0. The topological polar surface area (TPSA) is 47.6 Å². The third kappa shape index (κ3) is 4.75. The van der Waals surface area contributed by atoms with E-state index < -0.39 is 0 Å². The standard InChI is InChI=1S/C20H23NO3/c22-20(11-13-23-18-7-2-1-3-8-18)21-12-14-24-19-10-9-16-5-4-6-17(16)15-19/h1-3,7-10,15H,4-6,11-14H2,(H,21,22). The van der Waals surface area contributed by atoms with E-state index in [1.807, 2.05) is 36.4 Å². The molecule has 0 heterocycles. The summed E-state index contributed by atoms with van der Waals surface area (Å²) in [5.41, 5.74) is 2.84. The van der Waals surface area contributed by atoms with Crippen molar-refractivity contribution in [1.82, 2.24) is 5.32 Å². The average molecular weight is 325 g/mol. The summed E-state index contributed by atoms with van der Waals surface area (Å²) in [6, 6.07) is 15.8. The van der Waals surface area contributed by atoms with Gasteiger partial charge >= 0.3 is 0 Å². The highest BCUT2D eigenvalue weighted by molar-refractivity contribution is 5.75. The molecule has 0 fully saturated rings. The molecule has 126 valence electrons. The van der Waals surface area contributed by atoms with E-state index in [1.165, 1.54) is 24.0 Å². The molecule has 1 N–H and O–H groups in total. The highest BCUT2D eigenvalue weighted by Crippen LogP contribution is 2.25. The van der Waals surface area contributed by atoms with E-state index in [1.54, 1.807) is 0 Å². The van der Waals surface area contributed by atoms with Crippen LogP contribution in [-0.2, 0) is 17.6 Å². The van der Waals surface area contributed by atoms with E-state index in [2.05, 4.69) is 17.4 Å². The van der Waals surface area contributed by atoms with E-state index in [-0.39, 0.29) is 5.91 Å². The molecule has 0 aliphatic heterocycles. The average Bonchev–Trinajstić information content (AvgIpc) is 3.07. The summed E-state index contributed by atoms with van der Waals surface area (Å²) in [6.45, 7) is 1.35. The lowest BCUT2D eigenvalue weighted by Gasteiger charge is -2.10. The number of fused-ring (bicyclic) bond motifs is 1. The first-order valence-corrected chi connectivity index (χ1v) is 8.50. The molecule has 0 saturated carbocycles. The first-order valence-electron chi connectivity index (χ1n) is 8.50. The van der Waals surface area contributed by atoms with Crippen molar-refractivity contribution in [2.24, 2.45) is 0 Å². The molecule has 0 atom stereocenters. The van der Waals surface area contributed by atoms with Gasteiger partial charge in [0.1, 0.15) is 18.1 Å². The van der Waals surface area contributed by atoms with Crippen molar-refractivity contribution in [1.29, 1.82) is 0 Å². The Balaban J connectivity index is 1.29.